The second kappa shape index (κ2) is 7.27. The van der Waals surface area contributed by atoms with Crippen molar-refractivity contribution in [3.63, 3.8) is 0 Å². The molecule has 28 heavy (non-hydrogen) atoms. The van der Waals surface area contributed by atoms with Crippen LogP contribution in [0.15, 0.2) is 36.7 Å². The fourth-order valence-electron chi connectivity index (χ4n) is 3.47. The van der Waals surface area contributed by atoms with Crippen LogP contribution >= 0.6 is 0 Å². The van der Waals surface area contributed by atoms with Gasteiger partial charge in [-0.1, -0.05) is 0 Å². The van der Waals surface area contributed by atoms with E-state index in [0.717, 1.165) is 54.9 Å². The third kappa shape index (κ3) is 3.39. The number of aryl methyl sites for hydroxylation is 2. The fourth-order valence-corrected chi connectivity index (χ4v) is 3.47. The van der Waals surface area contributed by atoms with Crippen LogP contribution in [0.4, 0.5) is 15.9 Å². The molecule has 0 amide bonds. The number of anilines is 2. The molecule has 1 aromatic carbocycles. The van der Waals surface area contributed by atoms with Gasteiger partial charge < -0.3 is 9.80 Å². The van der Waals surface area contributed by atoms with E-state index in [0.29, 0.717) is 0 Å². The van der Waals surface area contributed by atoms with Gasteiger partial charge in [-0.05, 0) is 38.1 Å². The van der Waals surface area contributed by atoms with E-state index in [-0.39, 0.29) is 5.56 Å². The minimum atomic E-state index is -0.479. The van der Waals surface area contributed by atoms with Gasteiger partial charge in [-0.2, -0.15) is 10.4 Å². The zero-order valence-electron chi connectivity index (χ0n) is 15.8. The molecule has 0 spiro atoms. The van der Waals surface area contributed by atoms with Gasteiger partial charge in [-0.25, -0.2) is 19.0 Å². The number of halogens is 1. The zero-order valence-corrected chi connectivity index (χ0v) is 15.8. The smallest absolute Gasteiger partial charge is 0.159 e. The Balaban J connectivity index is 1.48. The molecular weight excluding hydrogens is 357 g/mol. The highest BCUT2D eigenvalue weighted by Crippen LogP contribution is 2.22. The first-order chi connectivity index (χ1) is 13.5. The van der Waals surface area contributed by atoms with Crippen LogP contribution in [0.5, 0.6) is 0 Å². The van der Waals surface area contributed by atoms with Gasteiger partial charge >= 0.3 is 0 Å². The van der Waals surface area contributed by atoms with Crippen molar-refractivity contribution in [1.82, 2.24) is 19.7 Å². The highest BCUT2D eigenvalue weighted by molar-refractivity contribution is 5.53. The van der Waals surface area contributed by atoms with Gasteiger partial charge in [-0.15, -0.1) is 0 Å². The van der Waals surface area contributed by atoms with Crippen LogP contribution in [0.1, 0.15) is 17.0 Å². The van der Waals surface area contributed by atoms with Gasteiger partial charge in [0.25, 0.3) is 0 Å². The molecule has 0 saturated carbocycles. The van der Waals surface area contributed by atoms with E-state index in [4.69, 9.17) is 5.26 Å². The van der Waals surface area contributed by atoms with Gasteiger partial charge in [0.2, 0.25) is 0 Å². The second-order valence-corrected chi connectivity index (χ2v) is 6.82. The van der Waals surface area contributed by atoms with E-state index in [1.54, 1.807) is 12.4 Å². The third-order valence-electron chi connectivity index (χ3n) is 4.91. The molecule has 3 aromatic rings. The first-order valence-electron chi connectivity index (χ1n) is 9.10. The summed E-state index contributed by atoms with van der Waals surface area (Å²) in [5.41, 5.74) is 2.83. The molecule has 0 bridgehead atoms. The third-order valence-corrected chi connectivity index (χ3v) is 4.91. The first kappa shape index (κ1) is 17.9. The van der Waals surface area contributed by atoms with Gasteiger partial charge in [0, 0.05) is 43.6 Å². The number of benzene rings is 1. The van der Waals surface area contributed by atoms with Crippen molar-refractivity contribution in [3.05, 3.63) is 59.4 Å². The second-order valence-electron chi connectivity index (χ2n) is 6.82. The minimum absolute atomic E-state index is 0.0695. The molecule has 1 aliphatic rings. The maximum Gasteiger partial charge on any atom is 0.159 e. The van der Waals surface area contributed by atoms with Crippen molar-refractivity contribution in [1.29, 1.82) is 5.26 Å². The summed E-state index contributed by atoms with van der Waals surface area (Å²) in [6, 6.07) is 10.6. The Morgan fingerprint density at radius 2 is 1.68 bits per heavy atom. The van der Waals surface area contributed by atoms with Crippen LogP contribution in [0.25, 0.3) is 5.82 Å². The number of nitrogens with zero attached hydrogens (tertiary/aromatic N) is 7. The van der Waals surface area contributed by atoms with Gasteiger partial charge in [0.15, 0.2) is 5.82 Å². The molecule has 0 atom stereocenters. The summed E-state index contributed by atoms with van der Waals surface area (Å²) in [6.07, 6.45) is 1.56. The quantitative estimate of drug-likeness (QED) is 0.699. The Morgan fingerprint density at radius 1 is 0.964 bits per heavy atom. The summed E-state index contributed by atoms with van der Waals surface area (Å²) in [5, 5.41) is 13.4. The summed E-state index contributed by atoms with van der Waals surface area (Å²) < 4.78 is 15.7. The Kier molecular flexibility index (Phi) is 4.65. The first-order valence-corrected chi connectivity index (χ1v) is 9.10. The molecule has 0 radical (unpaired) electrons. The average Bonchev–Trinajstić information content (AvgIpc) is 3.06. The lowest BCUT2D eigenvalue weighted by Crippen LogP contribution is -2.46. The van der Waals surface area contributed by atoms with Gasteiger partial charge in [0.1, 0.15) is 24.0 Å². The normalized spacial score (nSPS) is 14.2. The zero-order chi connectivity index (χ0) is 19.7. The number of rotatable bonds is 3. The fraction of sp³-hybridized carbons (Fsp3) is 0.300. The van der Waals surface area contributed by atoms with E-state index < -0.39 is 5.82 Å². The summed E-state index contributed by atoms with van der Waals surface area (Å²) >= 11 is 0. The Morgan fingerprint density at radius 3 is 2.32 bits per heavy atom. The van der Waals surface area contributed by atoms with Crippen molar-refractivity contribution in [3.8, 4) is 11.9 Å². The summed E-state index contributed by atoms with van der Waals surface area (Å²) in [7, 11) is 0. The van der Waals surface area contributed by atoms with E-state index in [1.165, 1.54) is 12.1 Å². The van der Waals surface area contributed by atoms with E-state index in [2.05, 4.69) is 24.9 Å². The van der Waals surface area contributed by atoms with Crippen molar-refractivity contribution in [2.45, 2.75) is 13.8 Å². The maximum atomic E-state index is 13.9. The Hall–Kier alpha value is -3.47. The summed E-state index contributed by atoms with van der Waals surface area (Å²) in [5.74, 6) is 1.11. The predicted molar refractivity (Wildman–Crippen MR) is 104 cm³/mol. The monoisotopic (exact) mass is 377 g/mol. The molecule has 1 fully saturated rings. The van der Waals surface area contributed by atoms with Crippen LogP contribution in [0.2, 0.25) is 0 Å². The molecule has 0 N–H and O–H groups in total. The molecule has 142 valence electrons. The van der Waals surface area contributed by atoms with E-state index in [9.17, 15) is 4.39 Å². The number of aromatic nitrogens is 4. The molecule has 7 nitrogen and oxygen atoms in total. The highest BCUT2D eigenvalue weighted by Gasteiger charge is 2.20. The SMILES string of the molecule is Cc1cc(C)n(-c2cc(N3CCN(c4ccc(C#N)c(F)c4)CC3)ncn2)n1. The standard InChI is InChI=1S/C20H20FN7/c1-14-9-15(2)28(25-14)20-11-19(23-13-24-20)27-7-5-26(6-8-27)17-4-3-16(12-22)18(21)10-17/h3-4,9-11,13H,5-8H2,1-2H3. The molecule has 2 aromatic heterocycles. The van der Waals surface area contributed by atoms with Crippen LogP contribution in [-0.2, 0) is 0 Å². The van der Waals surface area contributed by atoms with Crippen LogP contribution in [0.3, 0.4) is 0 Å². The average molecular weight is 377 g/mol. The minimum Gasteiger partial charge on any atom is -0.368 e. The molecule has 3 heterocycles. The molecule has 0 unspecified atom stereocenters. The molecule has 8 heteroatoms. The number of nitriles is 1. The van der Waals surface area contributed by atoms with Crippen LogP contribution < -0.4 is 9.80 Å². The lowest BCUT2D eigenvalue weighted by atomic mass is 10.2. The number of piperazine rings is 1. The topological polar surface area (TPSA) is 73.9 Å². The highest BCUT2D eigenvalue weighted by atomic mass is 19.1. The van der Waals surface area contributed by atoms with Crippen LogP contribution in [-0.4, -0.2) is 45.9 Å². The Labute approximate surface area is 162 Å². The number of hydrogen-bond acceptors (Lipinski definition) is 6. The van der Waals surface area contributed by atoms with Gasteiger partial charge in [0.05, 0.1) is 11.3 Å². The number of hydrogen-bond donors (Lipinski definition) is 0. The van der Waals surface area contributed by atoms with Crippen molar-refractivity contribution in [2.24, 2.45) is 0 Å². The van der Waals surface area contributed by atoms with Crippen molar-refractivity contribution >= 4 is 11.5 Å². The molecule has 1 aliphatic heterocycles. The molecule has 1 saturated heterocycles. The summed E-state index contributed by atoms with van der Waals surface area (Å²) in [4.78, 5) is 13.1. The van der Waals surface area contributed by atoms with E-state index in [1.807, 2.05) is 36.7 Å². The maximum absolute atomic E-state index is 13.9. The predicted octanol–water partition coefficient (Wildman–Crippen LogP) is 2.62. The largest absolute Gasteiger partial charge is 0.368 e. The molecule has 4 rings (SSSR count). The van der Waals surface area contributed by atoms with Crippen molar-refractivity contribution in [2.75, 3.05) is 36.0 Å². The molecule has 0 aliphatic carbocycles. The lowest BCUT2D eigenvalue weighted by molar-refractivity contribution is 0.616. The van der Waals surface area contributed by atoms with Crippen molar-refractivity contribution < 1.29 is 4.39 Å². The van der Waals surface area contributed by atoms with Crippen LogP contribution in [0, 0.1) is 31.0 Å². The Bertz CT molecular complexity index is 1040. The molecular formula is C20H20FN7. The van der Waals surface area contributed by atoms with Gasteiger partial charge in [-0.3, -0.25) is 0 Å². The summed E-state index contributed by atoms with van der Waals surface area (Å²) in [6.45, 7) is 6.95. The van der Waals surface area contributed by atoms with E-state index >= 15 is 0 Å². The lowest BCUT2D eigenvalue weighted by Gasteiger charge is -2.36.